The maximum absolute atomic E-state index is 10.6. The van der Waals surface area contributed by atoms with Crippen LogP contribution in [0, 0.1) is 0 Å². The van der Waals surface area contributed by atoms with Gasteiger partial charge in [0.2, 0.25) is 0 Å². The molecule has 0 saturated carbocycles. The molecule has 0 saturated heterocycles. The SMILES string of the molecule is CCCc1cc(C(C)C(=O)O)n[nH]1. The fourth-order valence-corrected chi connectivity index (χ4v) is 1.13. The number of aliphatic carboxylic acids is 1. The van der Waals surface area contributed by atoms with Crippen molar-refractivity contribution in [1.82, 2.24) is 10.2 Å². The van der Waals surface area contributed by atoms with Gasteiger partial charge in [0.15, 0.2) is 0 Å². The summed E-state index contributed by atoms with van der Waals surface area (Å²) in [4.78, 5) is 10.6. The van der Waals surface area contributed by atoms with E-state index in [2.05, 4.69) is 17.1 Å². The normalized spacial score (nSPS) is 12.8. The Bertz CT molecular complexity index is 294. The zero-order valence-corrected chi connectivity index (χ0v) is 7.87. The van der Waals surface area contributed by atoms with Crippen molar-refractivity contribution in [3.8, 4) is 0 Å². The van der Waals surface area contributed by atoms with Crippen molar-refractivity contribution in [3.05, 3.63) is 17.5 Å². The monoisotopic (exact) mass is 182 g/mol. The van der Waals surface area contributed by atoms with Gasteiger partial charge in [-0.3, -0.25) is 9.89 Å². The number of carboxylic acid groups (broad SMARTS) is 1. The van der Waals surface area contributed by atoms with Crippen LogP contribution in [0.3, 0.4) is 0 Å². The first-order valence-electron chi connectivity index (χ1n) is 4.42. The number of carbonyl (C=O) groups is 1. The van der Waals surface area contributed by atoms with Crippen molar-refractivity contribution in [2.45, 2.75) is 32.6 Å². The zero-order valence-electron chi connectivity index (χ0n) is 7.87. The fraction of sp³-hybridized carbons (Fsp3) is 0.556. The third-order valence-corrected chi connectivity index (χ3v) is 1.98. The summed E-state index contributed by atoms with van der Waals surface area (Å²) in [5, 5.41) is 15.5. The van der Waals surface area contributed by atoms with E-state index in [4.69, 9.17) is 5.11 Å². The van der Waals surface area contributed by atoms with Crippen molar-refractivity contribution < 1.29 is 9.90 Å². The number of hydrogen-bond donors (Lipinski definition) is 2. The van der Waals surface area contributed by atoms with Crippen LogP contribution in [0.4, 0.5) is 0 Å². The summed E-state index contributed by atoms with van der Waals surface area (Å²) in [5.74, 6) is -1.36. The Morgan fingerprint density at radius 1 is 1.77 bits per heavy atom. The predicted molar refractivity (Wildman–Crippen MR) is 48.6 cm³/mol. The number of aryl methyl sites for hydroxylation is 1. The summed E-state index contributed by atoms with van der Waals surface area (Å²) in [6.07, 6.45) is 1.95. The molecule has 72 valence electrons. The number of nitrogens with one attached hydrogen (secondary N) is 1. The number of aromatic amines is 1. The van der Waals surface area contributed by atoms with E-state index >= 15 is 0 Å². The lowest BCUT2D eigenvalue weighted by atomic mass is 10.1. The predicted octanol–water partition coefficient (Wildman–Crippen LogP) is 1.55. The van der Waals surface area contributed by atoms with Crippen LogP contribution >= 0.6 is 0 Å². The molecule has 0 aliphatic carbocycles. The molecule has 0 aliphatic heterocycles. The molecule has 2 N–H and O–H groups in total. The van der Waals surface area contributed by atoms with Gasteiger partial charge in [0.05, 0.1) is 11.6 Å². The van der Waals surface area contributed by atoms with Crippen LogP contribution in [0.15, 0.2) is 6.07 Å². The molecule has 0 aliphatic rings. The molecule has 0 radical (unpaired) electrons. The number of H-pyrrole nitrogens is 1. The van der Waals surface area contributed by atoms with Crippen LogP contribution < -0.4 is 0 Å². The number of rotatable bonds is 4. The summed E-state index contributed by atoms with van der Waals surface area (Å²) in [7, 11) is 0. The van der Waals surface area contributed by atoms with E-state index in [9.17, 15) is 4.79 Å². The molecule has 4 heteroatoms. The van der Waals surface area contributed by atoms with E-state index in [0.29, 0.717) is 5.69 Å². The van der Waals surface area contributed by atoms with Crippen molar-refractivity contribution in [3.63, 3.8) is 0 Å². The molecule has 0 amide bonds. The number of aromatic nitrogens is 2. The highest BCUT2D eigenvalue weighted by atomic mass is 16.4. The molecule has 0 aromatic carbocycles. The first-order chi connectivity index (χ1) is 6.15. The molecular formula is C9H14N2O2. The molecule has 1 aromatic heterocycles. The highest BCUT2D eigenvalue weighted by molar-refractivity contribution is 5.74. The molecule has 1 aromatic rings. The van der Waals surface area contributed by atoms with Gasteiger partial charge in [-0.05, 0) is 19.4 Å². The topological polar surface area (TPSA) is 66.0 Å². The third kappa shape index (κ3) is 2.31. The first-order valence-corrected chi connectivity index (χ1v) is 4.42. The Hall–Kier alpha value is -1.32. The van der Waals surface area contributed by atoms with Gasteiger partial charge >= 0.3 is 5.97 Å². The van der Waals surface area contributed by atoms with Crippen LogP contribution in [-0.4, -0.2) is 21.3 Å². The lowest BCUT2D eigenvalue weighted by molar-refractivity contribution is -0.138. The summed E-state index contributed by atoms with van der Waals surface area (Å²) >= 11 is 0. The van der Waals surface area contributed by atoms with Gasteiger partial charge in [-0.1, -0.05) is 13.3 Å². The number of nitrogens with zero attached hydrogens (tertiary/aromatic N) is 1. The van der Waals surface area contributed by atoms with E-state index in [0.717, 1.165) is 18.5 Å². The lowest BCUT2D eigenvalue weighted by Crippen LogP contribution is -2.07. The van der Waals surface area contributed by atoms with E-state index < -0.39 is 11.9 Å². The Morgan fingerprint density at radius 3 is 3.00 bits per heavy atom. The molecule has 1 unspecified atom stereocenters. The molecule has 1 heterocycles. The molecule has 0 fully saturated rings. The van der Waals surface area contributed by atoms with E-state index in [1.807, 2.05) is 6.07 Å². The highest BCUT2D eigenvalue weighted by Gasteiger charge is 2.16. The summed E-state index contributed by atoms with van der Waals surface area (Å²) in [6.45, 7) is 3.70. The Balaban J connectivity index is 2.73. The zero-order chi connectivity index (χ0) is 9.84. The van der Waals surface area contributed by atoms with Gasteiger partial charge in [-0.15, -0.1) is 0 Å². The molecule has 13 heavy (non-hydrogen) atoms. The summed E-state index contributed by atoms with van der Waals surface area (Å²) in [5.41, 5.74) is 1.61. The minimum atomic E-state index is -0.838. The van der Waals surface area contributed by atoms with Crippen LogP contribution in [0.5, 0.6) is 0 Å². The van der Waals surface area contributed by atoms with Gasteiger partial charge < -0.3 is 5.11 Å². The largest absolute Gasteiger partial charge is 0.481 e. The second-order valence-corrected chi connectivity index (χ2v) is 3.13. The average Bonchev–Trinajstić information content (AvgIpc) is 2.52. The Labute approximate surface area is 77.0 Å². The lowest BCUT2D eigenvalue weighted by Gasteiger charge is -1.98. The minimum Gasteiger partial charge on any atom is -0.481 e. The third-order valence-electron chi connectivity index (χ3n) is 1.98. The minimum absolute atomic E-state index is 0.526. The Kier molecular flexibility index (Phi) is 3.06. The van der Waals surface area contributed by atoms with Gasteiger partial charge in [0, 0.05) is 5.69 Å². The smallest absolute Gasteiger partial charge is 0.312 e. The van der Waals surface area contributed by atoms with Gasteiger partial charge in [0.25, 0.3) is 0 Å². The van der Waals surface area contributed by atoms with Gasteiger partial charge in [-0.2, -0.15) is 5.10 Å². The van der Waals surface area contributed by atoms with Crippen molar-refractivity contribution >= 4 is 5.97 Å². The Morgan fingerprint density at radius 2 is 2.46 bits per heavy atom. The molecule has 0 spiro atoms. The molecule has 4 nitrogen and oxygen atoms in total. The van der Waals surface area contributed by atoms with Crippen LogP contribution in [0.25, 0.3) is 0 Å². The summed E-state index contributed by atoms with van der Waals surface area (Å²) in [6, 6.07) is 1.82. The van der Waals surface area contributed by atoms with Crippen molar-refractivity contribution in [1.29, 1.82) is 0 Å². The number of hydrogen-bond acceptors (Lipinski definition) is 2. The number of carboxylic acids is 1. The molecule has 0 bridgehead atoms. The second-order valence-electron chi connectivity index (χ2n) is 3.13. The van der Waals surface area contributed by atoms with Crippen LogP contribution in [-0.2, 0) is 11.2 Å². The molecule has 1 atom stereocenters. The van der Waals surface area contributed by atoms with Crippen molar-refractivity contribution in [2.24, 2.45) is 0 Å². The van der Waals surface area contributed by atoms with E-state index in [1.165, 1.54) is 0 Å². The summed E-state index contributed by atoms with van der Waals surface area (Å²) < 4.78 is 0. The second kappa shape index (κ2) is 4.07. The quantitative estimate of drug-likeness (QED) is 0.742. The van der Waals surface area contributed by atoms with Gasteiger partial charge in [0.1, 0.15) is 0 Å². The highest BCUT2D eigenvalue weighted by Crippen LogP contribution is 2.13. The fourth-order valence-electron chi connectivity index (χ4n) is 1.13. The van der Waals surface area contributed by atoms with Gasteiger partial charge in [-0.25, -0.2) is 0 Å². The van der Waals surface area contributed by atoms with Crippen LogP contribution in [0.2, 0.25) is 0 Å². The molecule has 1 rings (SSSR count). The maximum Gasteiger partial charge on any atom is 0.312 e. The molecular weight excluding hydrogens is 168 g/mol. The standard InChI is InChI=1S/C9H14N2O2/c1-3-4-7-5-8(11-10-7)6(2)9(12)13/h5-6H,3-4H2,1-2H3,(H,10,11)(H,12,13). The van der Waals surface area contributed by atoms with E-state index in [-0.39, 0.29) is 0 Å². The first kappa shape index (κ1) is 9.77. The van der Waals surface area contributed by atoms with Crippen LogP contribution in [0.1, 0.15) is 37.6 Å². The van der Waals surface area contributed by atoms with E-state index in [1.54, 1.807) is 6.92 Å². The maximum atomic E-state index is 10.6. The van der Waals surface area contributed by atoms with Crippen molar-refractivity contribution in [2.75, 3.05) is 0 Å². The average molecular weight is 182 g/mol.